The molecule has 0 saturated carbocycles. The van der Waals surface area contributed by atoms with Gasteiger partial charge in [-0.2, -0.15) is 5.10 Å². The summed E-state index contributed by atoms with van der Waals surface area (Å²) < 4.78 is 6.50. The normalized spacial score (nSPS) is 14.0. The first-order valence-electron chi connectivity index (χ1n) is 5.32. The lowest BCUT2D eigenvalue weighted by molar-refractivity contribution is -0.105. The molecule has 2 heterocycles. The number of nitrogens with zero attached hydrogens (tertiary/aromatic N) is 2. The molecule has 0 saturated heterocycles. The molecule has 0 atom stereocenters. The van der Waals surface area contributed by atoms with E-state index in [0.29, 0.717) is 30.1 Å². The number of esters is 1. The Hall–Kier alpha value is -2.11. The third-order valence-electron chi connectivity index (χ3n) is 2.58. The van der Waals surface area contributed by atoms with Gasteiger partial charge in [0.2, 0.25) is 0 Å². The molecule has 0 amide bonds. The highest BCUT2D eigenvalue weighted by Gasteiger charge is 2.23. The monoisotopic (exact) mass is 235 g/mol. The van der Waals surface area contributed by atoms with Crippen LogP contribution in [0.15, 0.2) is 17.5 Å². The molecular formula is C11H13N3O3. The van der Waals surface area contributed by atoms with E-state index in [1.165, 1.54) is 6.20 Å². The van der Waals surface area contributed by atoms with Gasteiger partial charge in [-0.1, -0.05) is 0 Å². The molecule has 0 bridgehead atoms. The fourth-order valence-corrected chi connectivity index (χ4v) is 1.66. The van der Waals surface area contributed by atoms with Crippen LogP contribution in [0, 0.1) is 0 Å². The lowest BCUT2D eigenvalue weighted by Crippen LogP contribution is -2.19. The van der Waals surface area contributed by atoms with E-state index in [9.17, 15) is 9.59 Å². The van der Waals surface area contributed by atoms with E-state index in [-0.39, 0.29) is 0 Å². The predicted molar refractivity (Wildman–Crippen MR) is 60.6 cm³/mol. The highest BCUT2D eigenvalue weighted by atomic mass is 16.5. The van der Waals surface area contributed by atoms with Gasteiger partial charge in [-0.05, 0) is 13.8 Å². The maximum Gasteiger partial charge on any atom is 0.343 e. The second-order valence-corrected chi connectivity index (χ2v) is 3.68. The minimum atomic E-state index is -0.413. The molecule has 6 nitrogen and oxygen atoms in total. The zero-order chi connectivity index (χ0) is 12.4. The number of nitrogens with one attached hydrogen (secondary N) is 1. The summed E-state index contributed by atoms with van der Waals surface area (Å²) in [7, 11) is 0. The van der Waals surface area contributed by atoms with Gasteiger partial charge in [0.15, 0.2) is 0 Å². The number of rotatable bonds is 3. The van der Waals surface area contributed by atoms with Crippen molar-refractivity contribution >= 4 is 18.1 Å². The first-order chi connectivity index (χ1) is 8.17. The van der Waals surface area contributed by atoms with Gasteiger partial charge in [0.25, 0.3) is 0 Å². The Morgan fingerprint density at radius 3 is 3.12 bits per heavy atom. The molecule has 90 valence electrons. The molecule has 1 aliphatic heterocycles. The van der Waals surface area contributed by atoms with Crippen LogP contribution in [-0.2, 0) is 16.1 Å². The number of anilines is 1. The molecule has 0 fully saturated rings. The summed E-state index contributed by atoms with van der Waals surface area (Å²) in [5.74, 6) is 0.162. The number of hydrogen-bond donors (Lipinski definition) is 1. The van der Waals surface area contributed by atoms with Crippen molar-refractivity contribution in [2.24, 2.45) is 0 Å². The van der Waals surface area contributed by atoms with Crippen LogP contribution in [0.25, 0.3) is 0 Å². The van der Waals surface area contributed by atoms with Gasteiger partial charge >= 0.3 is 5.97 Å². The Labute approximate surface area is 98.2 Å². The summed E-state index contributed by atoms with van der Waals surface area (Å²) in [5.41, 5.74) is 1.74. The number of ether oxygens (including phenoxy) is 1. The average Bonchev–Trinajstić information content (AvgIpc) is 2.71. The van der Waals surface area contributed by atoms with Crippen molar-refractivity contribution in [3.8, 4) is 0 Å². The molecule has 1 aromatic rings. The highest BCUT2D eigenvalue weighted by Crippen LogP contribution is 2.24. The van der Waals surface area contributed by atoms with Crippen LogP contribution in [0.4, 0.5) is 5.82 Å². The van der Waals surface area contributed by atoms with Gasteiger partial charge in [-0.3, -0.25) is 4.79 Å². The van der Waals surface area contributed by atoms with Gasteiger partial charge < -0.3 is 10.1 Å². The van der Waals surface area contributed by atoms with Crippen molar-refractivity contribution < 1.29 is 14.3 Å². The third-order valence-corrected chi connectivity index (χ3v) is 2.58. The smallest absolute Gasteiger partial charge is 0.343 e. The number of fused-ring (bicyclic) bond motifs is 1. The summed E-state index contributed by atoms with van der Waals surface area (Å²) in [6.07, 6.45) is 2.23. The molecule has 2 rings (SSSR count). The molecule has 0 unspecified atom stereocenters. The summed E-state index contributed by atoms with van der Waals surface area (Å²) in [6.45, 7) is 4.22. The molecule has 1 N–H and O–H groups in total. The second kappa shape index (κ2) is 4.40. The van der Waals surface area contributed by atoms with Gasteiger partial charge in [-0.25, -0.2) is 9.48 Å². The van der Waals surface area contributed by atoms with E-state index < -0.39 is 5.97 Å². The van der Waals surface area contributed by atoms with Crippen molar-refractivity contribution in [3.63, 3.8) is 0 Å². The summed E-state index contributed by atoms with van der Waals surface area (Å²) in [4.78, 5) is 22.4. The summed E-state index contributed by atoms with van der Waals surface area (Å²) in [6, 6.07) is 0. The van der Waals surface area contributed by atoms with Crippen LogP contribution in [0.1, 0.15) is 24.2 Å². The van der Waals surface area contributed by atoms with E-state index in [1.807, 2.05) is 0 Å². The first-order valence-corrected chi connectivity index (χ1v) is 5.32. The van der Waals surface area contributed by atoms with Crippen molar-refractivity contribution in [2.45, 2.75) is 20.4 Å². The molecule has 0 radical (unpaired) electrons. The molecule has 0 aliphatic carbocycles. The van der Waals surface area contributed by atoms with Crippen LogP contribution in [0.3, 0.4) is 0 Å². The Bertz CT molecular complexity index is 502. The molecule has 1 aliphatic rings. The maximum atomic E-state index is 11.6. The van der Waals surface area contributed by atoms with E-state index in [4.69, 9.17) is 4.74 Å². The Morgan fingerprint density at radius 1 is 1.71 bits per heavy atom. The molecule has 6 heteroatoms. The van der Waals surface area contributed by atoms with Gasteiger partial charge in [0.1, 0.15) is 17.7 Å². The number of carbonyl (C=O) groups is 2. The minimum Gasteiger partial charge on any atom is -0.462 e. The van der Waals surface area contributed by atoms with Crippen molar-refractivity contribution in [2.75, 3.05) is 11.9 Å². The lowest BCUT2D eigenvalue weighted by atomic mass is 10.2. The van der Waals surface area contributed by atoms with E-state index >= 15 is 0 Å². The number of carbonyl (C=O) groups excluding carboxylic acids is 2. The summed E-state index contributed by atoms with van der Waals surface area (Å²) in [5, 5.41) is 7.05. The standard InChI is InChI=1S/C11H13N3O3/c1-3-17-11(16)9-4-12-14-5-8(6-15)7(2)13-10(9)14/h4,6,13H,3,5H2,1-2H3. The molecule has 0 spiro atoms. The van der Waals surface area contributed by atoms with Crippen molar-refractivity contribution in [1.29, 1.82) is 0 Å². The quantitative estimate of drug-likeness (QED) is 0.624. The number of hydrogen-bond acceptors (Lipinski definition) is 5. The van der Waals surface area contributed by atoms with Crippen LogP contribution < -0.4 is 5.32 Å². The lowest BCUT2D eigenvalue weighted by Gasteiger charge is -2.19. The third kappa shape index (κ3) is 1.93. The number of allylic oxidation sites excluding steroid dienone is 2. The number of aromatic nitrogens is 2. The molecular weight excluding hydrogens is 222 g/mol. The average molecular weight is 235 g/mol. The zero-order valence-corrected chi connectivity index (χ0v) is 9.69. The molecule has 17 heavy (non-hydrogen) atoms. The van der Waals surface area contributed by atoms with Crippen LogP contribution in [0.5, 0.6) is 0 Å². The van der Waals surface area contributed by atoms with Crippen molar-refractivity contribution in [1.82, 2.24) is 9.78 Å². The number of aldehydes is 1. The van der Waals surface area contributed by atoms with Crippen molar-refractivity contribution in [3.05, 3.63) is 23.0 Å². The van der Waals surface area contributed by atoms with Crippen LogP contribution in [-0.4, -0.2) is 28.6 Å². The Morgan fingerprint density at radius 2 is 2.47 bits per heavy atom. The van der Waals surface area contributed by atoms with Crippen LogP contribution in [0.2, 0.25) is 0 Å². The molecule has 1 aromatic heterocycles. The largest absolute Gasteiger partial charge is 0.462 e. The Kier molecular flexibility index (Phi) is 2.95. The first kappa shape index (κ1) is 11.4. The fourth-order valence-electron chi connectivity index (χ4n) is 1.66. The maximum absolute atomic E-state index is 11.6. The highest BCUT2D eigenvalue weighted by molar-refractivity contribution is 5.95. The van der Waals surface area contributed by atoms with Crippen LogP contribution >= 0.6 is 0 Å². The molecule has 0 aromatic carbocycles. The van der Waals surface area contributed by atoms with Gasteiger partial charge in [0, 0.05) is 11.3 Å². The summed E-state index contributed by atoms with van der Waals surface area (Å²) >= 11 is 0. The fraction of sp³-hybridized carbons (Fsp3) is 0.364. The van der Waals surface area contributed by atoms with E-state index in [2.05, 4.69) is 10.4 Å². The second-order valence-electron chi connectivity index (χ2n) is 3.68. The SMILES string of the molecule is CCOC(=O)c1cnn2c1NC(C)=C(C=O)C2. The van der Waals surface area contributed by atoms with E-state index in [0.717, 1.165) is 12.0 Å². The van der Waals surface area contributed by atoms with Gasteiger partial charge in [-0.15, -0.1) is 0 Å². The topological polar surface area (TPSA) is 73.2 Å². The van der Waals surface area contributed by atoms with E-state index in [1.54, 1.807) is 18.5 Å². The zero-order valence-electron chi connectivity index (χ0n) is 9.69. The van der Waals surface area contributed by atoms with Gasteiger partial charge in [0.05, 0.1) is 19.3 Å². The Balaban J connectivity index is 2.32. The minimum absolute atomic E-state index is 0.317. The predicted octanol–water partition coefficient (Wildman–Crippen LogP) is 0.958.